The van der Waals surface area contributed by atoms with Gasteiger partial charge in [0, 0.05) is 18.8 Å². The van der Waals surface area contributed by atoms with E-state index in [0.29, 0.717) is 5.69 Å². The number of nitrogens with zero attached hydrogens (tertiary/aromatic N) is 1. The summed E-state index contributed by atoms with van der Waals surface area (Å²) < 4.78 is 12.8. The standard InChI is InChI=1S/C16H23FN2O2S/c1-5-11(2)19(4)16(21)12(3)22-10-15(20)18-14-8-6-13(17)7-9-14/h6-9,11-12H,5,10H2,1-4H3,(H,18,20). The molecule has 0 saturated heterocycles. The van der Waals surface area contributed by atoms with Crippen molar-refractivity contribution in [2.24, 2.45) is 0 Å². The summed E-state index contributed by atoms with van der Waals surface area (Å²) in [5, 5.41) is 2.40. The number of carbonyl (C=O) groups is 2. The van der Waals surface area contributed by atoms with Crippen molar-refractivity contribution in [3.8, 4) is 0 Å². The number of hydrogen-bond donors (Lipinski definition) is 1. The number of anilines is 1. The van der Waals surface area contributed by atoms with E-state index in [2.05, 4.69) is 5.32 Å². The van der Waals surface area contributed by atoms with E-state index in [4.69, 9.17) is 0 Å². The smallest absolute Gasteiger partial charge is 0.235 e. The van der Waals surface area contributed by atoms with E-state index >= 15 is 0 Å². The van der Waals surface area contributed by atoms with Gasteiger partial charge in [-0.2, -0.15) is 0 Å². The first kappa shape index (κ1) is 18.5. The van der Waals surface area contributed by atoms with Crippen LogP contribution in [0.4, 0.5) is 10.1 Å². The van der Waals surface area contributed by atoms with Crippen LogP contribution in [0, 0.1) is 5.82 Å². The molecule has 0 heterocycles. The third-order valence-electron chi connectivity index (χ3n) is 3.54. The van der Waals surface area contributed by atoms with Gasteiger partial charge in [-0.05, 0) is 44.5 Å². The molecule has 0 saturated carbocycles. The highest BCUT2D eigenvalue weighted by molar-refractivity contribution is 8.01. The maximum Gasteiger partial charge on any atom is 0.235 e. The van der Waals surface area contributed by atoms with E-state index in [1.165, 1.54) is 36.0 Å². The lowest BCUT2D eigenvalue weighted by Gasteiger charge is -2.26. The average molecular weight is 326 g/mol. The Labute approximate surface area is 135 Å². The average Bonchev–Trinajstić information content (AvgIpc) is 2.52. The van der Waals surface area contributed by atoms with Gasteiger partial charge in [0.1, 0.15) is 5.82 Å². The molecule has 0 radical (unpaired) electrons. The maximum absolute atomic E-state index is 12.8. The second-order valence-electron chi connectivity index (χ2n) is 5.21. The van der Waals surface area contributed by atoms with E-state index < -0.39 is 0 Å². The van der Waals surface area contributed by atoms with Crippen LogP contribution in [0.25, 0.3) is 0 Å². The molecule has 122 valence electrons. The number of amides is 2. The molecule has 2 atom stereocenters. The van der Waals surface area contributed by atoms with Gasteiger partial charge in [-0.3, -0.25) is 9.59 Å². The van der Waals surface area contributed by atoms with Gasteiger partial charge >= 0.3 is 0 Å². The normalized spacial score (nSPS) is 13.3. The van der Waals surface area contributed by atoms with Gasteiger partial charge in [0.2, 0.25) is 11.8 Å². The summed E-state index contributed by atoms with van der Waals surface area (Å²) >= 11 is 1.29. The fourth-order valence-electron chi connectivity index (χ4n) is 1.78. The van der Waals surface area contributed by atoms with Crippen LogP contribution in [0.3, 0.4) is 0 Å². The van der Waals surface area contributed by atoms with E-state index in [1.807, 2.05) is 13.8 Å². The third kappa shape index (κ3) is 5.67. The molecule has 0 spiro atoms. The van der Waals surface area contributed by atoms with Crippen LogP contribution in [-0.2, 0) is 9.59 Å². The molecule has 1 N–H and O–H groups in total. The first-order chi connectivity index (χ1) is 10.3. The molecule has 0 aliphatic heterocycles. The third-order valence-corrected chi connectivity index (χ3v) is 4.67. The van der Waals surface area contributed by atoms with Crippen molar-refractivity contribution >= 4 is 29.3 Å². The van der Waals surface area contributed by atoms with Gasteiger partial charge in [-0.15, -0.1) is 11.8 Å². The first-order valence-corrected chi connectivity index (χ1v) is 8.33. The topological polar surface area (TPSA) is 49.4 Å². The molecule has 1 rings (SSSR count). The van der Waals surface area contributed by atoms with Crippen LogP contribution in [-0.4, -0.2) is 40.8 Å². The number of rotatable bonds is 7. The maximum atomic E-state index is 12.8. The summed E-state index contributed by atoms with van der Waals surface area (Å²) in [5.74, 6) is -0.352. The highest BCUT2D eigenvalue weighted by Gasteiger charge is 2.21. The Morgan fingerprint density at radius 3 is 2.41 bits per heavy atom. The van der Waals surface area contributed by atoms with Crippen molar-refractivity contribution in [2.45, 2.75) is 38.5 Å². The molecule has 4 nitrogen and oxygen atoms in total. The number of hydrogen-bond acceptors (Lipinski definition) is 3. The molecule has 6 heteroatoms. The zero-order valence-electron chi connectivity index (χ0n) is 13.4. The quantitative estimate of drug-likeness (QED) is 0.837. The Morgan fingerprint density at radius 1 is 1.27 bits per heavy atom. The van der Waals surface area contributed by atoms with Gasteiger partial charge in [0.05, 0.1) is 11.0 Å². The molecular weight excluding hydrogens is 303 g/mol. The Bertz CT molecular complexity index is 507. The fourth-order valence-corrected chi connectivity index (χ4v) is 2.56. The summed E-state index contributed by atoms with van der Waals surface area (Å²) in [4.78, 5) is 25.7. The molecule has 0 aromatic heterocycles. The molecule has 1 aromatic rings. The summed E-state index contributed by atoms with van der Waals surface area (Å²) in [6, 6.07) is 5.77. The van der Waals surface area contributed by atoms with Gasteiger partial charge in [0.15, 0.2) is 0 Å². The summed E-state index contributed by atoms with van der Waals surface area (Å²) in [7, 11) is 1.78. The molecular formula is C16H23FN2O2S. The van der Waals surface area contributed by atoms with Crippen molar-refractivity contribution in [3.63, 3.8) is 0 Å². The molecule has 0 aliphatic rings. The van der Waals surface area contributed by atoms with E-state index in [0.717, 1.165) is 6.42 Å². The minimum Gasteiger partial charge on any atom is -0.342 e. The number of halogens is 1. The second kappa shape index (κ2) is 8.78. The number of nitrogens with one attached hydrogen (secondary N) is 1. The molecule has 1 aromatic carbocycles. The van der Waals surface area contributed by atoms with Crippen molar-refractivity contribution in [2.75, 3.05) is 18.1 Å². The summed E-state index contributed by atoms with van der Waals surface area (Å²) in [6.07, 6.45) is 0.894. The Hall–Kier alpha value is -1.56. The number of carbonyl (C=O) groups excluding carboxylic acids is 2. The highest BCUT2D eigenvalue weighted by atomic mass is 32.2. The predicted molar refractivity (Wildman–Crippen MR) is 89.5 cm³/mol. The van der Waals surface area contributed by atoms with Crippen LogP contribution in [0.1, 0.15) is 27.2 Å². The minimum absolute atomic E-state index is 0.0222. The molecule has 0 fully saturated rings. The highest BCUT2D eigenvalue weighted by Crippen LogP contribution is 2.16. The van der Waals surface area contributed by atoms with Crippen LogP contribution in [0.5, 0.6) is 0 Å². The van der Waals surface area contributed by atoms with Crippen molar-refractivity contribution < 1.29 is 14.0 Å². The molecule has 0 aliphatic carbocycles. The molecule has 2 amide bonds. The lowest BCUT2D eigenvalue weighted by Crippen LogP contribution is -2.39. The summed E-state index contributed by atoms with van der Waals surface area (Å²) in [5.41, 5.74) is 0.544. The van der Waals surface area contributed by atoms with Crippen molar-refractivity contribution in [1.29, 1.82) is 0 Å². The first-order valence-electron chi connectivity index (χ1n) is 7.28. The van der Waals surface area contributed by atoms with Crippen LogP contribution < -0.4 is 5.32 Å². The monoisotopic (exact) mass is 326 g/mol. The van der Waals surface area contributed by atoms with Crippen LogP contribution in [0.15, 0.2) is 24.3 Å². The van der Waals surface area contributed by atoms with Crippen LogP contribution >= 0.6 is 11.8 Å². The SMILES string of the molecule is CCC(C)N(C)C(=O)C(C)SCC(=O)Nc1ccc(F)cc1. The van der Waals surface area contributed by atoms with Crippen LogP contribution in [0.2, 0.25) is 0 Å². The summed E-state index contributed by atoms with van der Waals surface area (Å²) in [6.45, 7) is 5.83. The zero-order chi connectivity index (χ0) is 16.7. The van der Waals surface area contributed by atoms with E-state index in [9.17, 15) is 14.0 Å². The number of benzene rings is 1. The Kier molecular flexibility index (Phi) is 7.38. The lowest BCUT2D eigenvalue weighted by molar-refractivity contribution is -0.130. The predicted octanol–water partition coefficient (Wildman–Crippen LogP) is 3.14. The Balaban J connectivity index is 2.43. The number of thioether (sulfide) groups is 1. The fraction of sp³-hybridized carbons (Fsp3) is 0.500. The largest absolute Gasteiger partial charge is 0.342 e. The Morgan fingerprint density at radius 2 is 1.86 bits per heavy atom. The molecule has 2 unspecified atom stereocenters. The van der Waals surface area contributed by atoms with Gasteiger partial charge in [-0.25, -0.2) is 4.39 Å². The van der Waals surface area contributed by atoms with Gasteiger partial charge in [0.25, 0.3) is 0 Å². The minimum atomic E-state index is -0.348. The zero-order valence-corrected chi connectivity index (χ0v) is 14.2. The van der Waals surface area contributed by atoms with Gasteiger partial charge in [-0.1, -0.05) is 6.92 Å². The van der Waals surface area contributed by atoms with Crippen molar-refractivity contribution in [1.82, 2.24) is 4.90 Å². The van der Waals surface area contributed by atoms with Gasteiger partial charge < -0.3 is 10.2 Å². The van der Waals surface area contributed by atoms with Crippen molar-refractivity contribution in [3.05, 3.63) is 30.1 Å². The molecule has 22 heavy (non-hydrogen) atoms. The lowest BCUT2D eigenvalue weighted by atomic mass is 10.2. The van der Waals surface area contributed by atoms with E-state index in [1.54, 1.807) is 18.9 Å². The van der Waals surface area contributed by atoms with E-state index in [-0.39, 0.29) is 34.7 Å². The molecule has 0 bridgehead atoms. The second-order valence-corrected chi connectivity index (χ2v) is 6.54.